The Morgan fingerprint density at radius 2 is 1.83 bits per heavy atom. The van der Waals surface area contributed by atoms with Crippen molar-refractivity contribution in [3.05, 3.63) is 52.9 Å². The molecule has 29 heavy (non-hydrogen) atoms. The molecule has 7 nitrogen and oxygen atoms in total. The van der Waals surface area contributed by atoms with Crippen molar-refractivity contribution < 1.29 is 23.1 Å². The van der Waals surface area contributed by atoms with Gasteiger partial charge in [-0.2, -0.15) is 0 Å². The van der Waals surface area contributed by atoms with Crippen LogP contribution in [0.15, 0.2) is 52.3 Å². The highest BCUT2D eigenvalue weighted by molar-refractivity contribution is 7.90. The molecule has 0 atom stereocenters. The quantitative estimate of drug-likeness (QED) is 0.772. The van der Waals surface area contributed by atoms with Crippen LogP contribution in [0.5, 0.6) is 5.75 Å². The first-order valence-corrected chi connectivity index (χ1v) is 11.5. The minimum atomic E-state index is -3.29. The molecule has 1 aromatic heterocycles. The summed E-state index contributed by atoms with van der Waals surface area (Å²) in [6, 6.07) is 9.16. The molecule has 1 fully saturated rings. The third kappa shape index (κ3) is 4.53. The van der Waals surface area contributed by atoms with Crippen LogP contribution in [-0.2, 0) is 14.6 Å². The van der Waals surface area contributed by atoms with Gasteiger partial charge in [0.15, 0.2) is 9.84 Å². The Bertz CT molecular complexity index is 1050. The molecule has 0 radical (unpaired) electrons. The lowest BCUT2D eigenvalue weighted by Crippen LogP contribution is -2.38. The van der Waals surface area contributed by atoms with Crippen molar-refractivity contribution in [2.45, 2.75) is 50.0 Å². The number of sulfone groups is 1. The molecule has 1 aliphatic carbocycles. The zero-order chi connectivity index (χ0) is 21.2. The first-order chi connectivity index (χ1) is 13.6. The maximum Gasteiger partial charge on any atom is 0.309 e. The lowest BCUT2D eigenvalue weighted by Gasteiger charge is -2.36. The normalized spacial score (nSPS) is 22.2. The van der Waals surface area contributed by atoms with Crippen LogP contribution in [0.1, 0.15) is 39.0 Å². The summed E-state index contributed by atoms with van der Waals surface area (Å²) >= 11 is 0. The molecule has 0 bridgehead atoms. The smallest absolute Gasteiger partial charge is 0.309 e. The number of ether oxygens (including phenoxy) is 1. The summed E-state index contributed by atoms with van der Waals surface area (Å²) < 4.78 is 30.5. The monoisotopic (exact) mass is 419 g/mol. The van der Waals surface area contributed by atoms with Crippen molar-refractivity contribution in [2.75, 3.05) is 6.26 Å². The molecule has 0 saturated heterocycles. The minimum Gasteiger partial charge on any atom is -0.490 e. The van der Waals surface area contributed by atoms with E-state index in [0.29, 0.717) is 43.5 Å². The van der Waals surface area contributed by atoms with Crippen LogP contribution in [0.25, 0.3) is 5.69 Å². The van der Waals surface area contributed by atoms with Gasteiger partial charge in [0.2, 0.25) is 0 Å². The van der Waals surface area contributed by atoms with E-state index in [4.69, 9.17) is 4.74 Å². The first-order valence-electron chi connectivity index (χ1n) is 9.58. The highest BCUT2D eigenvalue weighted by atomic mass is 32.2. The number of nitrogens with zero attached hydrogens (tertiary/aromatic N) is 1. The fourth-order valence-corrected chi connectivity index (χ4v) is 4.40. The van der Waals surface area contributed by atoms with Crippen LogP contribution in [0, 0.1) is 5.41 Å². The lowest BCUT2D eigenvalue weighted by atomic mass is 9.71. The molecule has 1 heterocycles. The third-order valence-corrected chi connectivity index (χ3v) is 6.89. The van der Waals surface area contributed by atoms with Gasteiger partial charge < -0.3 is 9.84 Å². The second-order valence-electron chi connectivity index (χ2n) is 7.59. The van der Waals surface area contributed by atoms with Crippen LogP contribution in [-0.4, -0.2) is 36.4 Å². The Kier molecular flexibility index (Phi) is 5.84. The number of carboxylic acid groups (broad SMARTS) is 1. The van der Waals surface area contributed by atoms with Gasteiger partial charge in [-0.05, 0) is 62.4 Å². The molecule has 156 valence electrons. The summed E-state index contributed by atoms with van der Waals surface area (Å²) in [5.41, 5.74) is -0.402. The predicted octanol–water partition coefficient (Wildman–Crippen LogP) is 3.04. The number of hydrogen-bond donors (Lipinski definition) is 1. The van der Waals surface area contributed by atoms with Gasteiger partial charge in [0.1, 0.15) is 5.75 Å². The SMILES string of the molecule is CCC1(C(=O)O)CCC(Oc2ccn(-c3ccc(S(C)(=O)=O)cc3)c(=O)c2)CC1. The van der Waals surface area contributed by atoms with E-state index in [9.17, 15) is 23.1 Å². The molecule has 0 aliphatic heterocycles. The van der Waals surface area contributed by atoms with E-state index in [1.54, 1.807) is 24.4 Å². The van der Waals surface area contributed by atoms with E-state index in [0.717, 1.165) is 6.26 Å². The third-order valence-electron chi connectivity index (χ3n) is 5.76. The van der Waals surface area contributed by atoms with E-state index in [2.05, 4.69) is 0 Å². The van der Waals surface area contributed by atoms with E-state index in [1.807, 2.05) is 6.92 Å². The van der Waals surface area contributed by atoms with Gasteiger partial charge in [-0.1, -0.05) is 6.92 Å². The number of aromatic nitrogens is 1. The number of aliphatic carboxylic acids is 1. The van der Waals surface area contributed by atoms with Crippen molar-refractivity contribution >= 4 is 15.8 Å². The lowest BCUT2D eigenvalue weighted by molar-refractivity contribution is -0.152. The van der Waals surface area contributed by atoms with Gasteiger partial charge in [0.05, 0.1) is 16.4 Å². The standard InChI is InChI=1S/C21H25NO6S/c1-3-21(20(24)25)11-8-16(9-12-21)28-17-10-13-22(19(23)14-17)15-4-6-18(7-5-15)29(2,26)27/h4-7,10,13-14,16H,3,8-9,11-12H2,1-2H3,(H,24,25). The molecular formula is C21H25NO6S. The molecule has 0 unspecified atom stereocenters. The maximum atomic E-state index is 12.5. The highest BCUT2D eigenvalue weighted by Crippen LogP contribution is 2.40. The van der Waals surface area contributed by atoms with E-state index in [1.165, 1.54) is 22.8 Å². The highest BCUT2D eigenvalue weighted by Gasteiger charge is 2.40. The van der Waals surface area contributed by atoms with Gasteiger partial charge in [0, 0.05) is 24.2 Å². The number of benzene rings is 1. The van der Waals surface area contributed by atoms with Gasteiger partial charge in [-0.15, -0.1) is 0 Å². The Hall–Kier alpha value is -2.61. The zero-order valence-corrected chi connectivity index (χ0v) is 17.3. The maximum absolute atomic E-state index is 12.5. The van der Waals surface area contributed by atoms with E-state index >= 15 is 0 Å². The van der Waals surface area contributed by atoms with E-state index in [-0.39, 0.29) is 16.6 Å². The Balaban J connectivity index is 1.71. The Morgan fingerprint density at radius 1 is 1.21 bits per heavy atom. The molecule has 0 spiro atoms. The molecule has 1 aromatic carbocycles. The molecule has 2 aromatic rings. The topological polar surface area (TPSA) is 103 Å². The van der Waals surface area contributed by atoms with Crippen LogP contribution < -0.4 is 10.3 Å². The largest absolute Gasteiger partial charge is 0.490 e. The summed E-state index contributed by atoms with van der Waals surface area (Å²) in [4.78, 5) is 24.2. The molecule has 8 heteroatoms. The van der Waals surface area contributed by atoms with Crippen LogP contribution in [0.3, 0.4) is 0 Å². The van der Waals surface area contributed by atoms with Crippen LogP contribution >= 0.6 is 0 Å². The van der Waals surface area contributed by atoms with Gasteiger partial charge in [-0.3, -0.25) is 14.2 Å². The fraction of sp³-hybridized carbons (Fsp3) is 0.429. The van der Waals surface area contributed by atoms with Gasteiger partial charge in [0.25, 0.3) is 5.56 Å². The van der Waals surface area contributed by atoms with Gasteiger partial charge in [-0.25, -0.2) is 8.42 Å². The van der Waals surface area contributed by atoms with Crippen molar-refractivity contribution in [2.24, 2.45) is 5.41 Å². The molecule has 1 saturated carbocycles. The molecule has 3 rings (SSSR count). The fourth-order valence-electron chi connectivity index (χ4n) is 3.77. The van der Waals surface area contributed by atoms with Crippen molar-refractivity contribution in [3.8, 4) is 11.4 Å². The predicted molar refractivity (Wildman–Crippen MR) is 108 cm³/mol. The molecule has 1 aliphatic rings. The molecule has 1 N–H and O–H groups in total. The second-order valence-corrected chi connectivity index (χ2v) is 9.61. The van der Waals surface area contributed by atoms with E-state index < -0.39 is 21.2 Å². The average molecular weight is 419 g/mol. The van der Waals surface area contributed by atoms with Crippen LogP contribution in [0.4, 0.5) is 0 Å². The summed E-state index contributed by atoms with van der Waals surface area (Å²) in [6.45, 7) is 1.90. The minimum absolute atomic E-state index is 0.113. The van der Waals surface area contributed by atoms with Crippen LogP contribution in [0.2, 0.25) is 0 Å². The van der Waals surface area contributed by atoms with Crippen molar-refractivity contribution in [1.82, 2.24) is 4.57 Å². The summed E-state index contributed by atoms with van der Waals surface area (Å²) in [5, 5.41) is 9.48. The molecule has 0 amide bonds. The van der Waals surface area contributed by atoms with Crippen molar-refractivity contribution in [3.63, 3.8) is 0 Å². The molecular weight excluding hydrogens is 394 g/mol. The zero-order valence-electron chi connectivity index (χ0n) is 16.5. The Morgan fingerprint density at radius 3 is 2.31 bits per heavy atom. The summed E-state index contributed by atoms with van der Waals surface area (Å²) in [6.07, 6.45) is 5.60. The summed E-state index contributed by atoms with van der Waals surface area (Å²) in [7, 11) is -3.29. The number of hydrogen-bond acceptors (Lipinski definition) is 5. The summed E-state index contributed by atoms with van der Waals surface area (Å²) in [5.74, 6) is -0.300. The second kappa shape index (κ2) is 8.02. The number of pyridine rings is 1. The average Bonchev–Trinajstić information content (AvgIpc) is 2.68. The number of rotatable bonds is 6. The van der Waals surface area contributed by atoms with Gasteiger partial charge >= 0.3 is 5.97 Å². The number of carbonyl (C=O) groups is 1. The van der Waals surface area contributed by atoms with Crippen molar-refractivity contribution in [1.29, 1.82) is 0 Å². The Labute approximate surface area is 169 Å². The number of carboxylic acids is 1. The first kappa shape index (κ1) is 21.1.